The van der Waals surface area contributed by atoms with E-state index in [0.717, 1.165) is 25.3 Å². The van der Waals surface area contributed by atoms with Crippen molar-refractivity contribution in [3.8, 4) is 18.1 Å². The molecule has 1 unspecified atom stereocenters. The van der Waals surface area contributed by atoms with E-state index in [1.807, 2.05) is 0 Å². The Morgan fingerprint density at radius 3 is 2.76 bits per heavy atom. The molecular weight excluding hydrogens is 222 g/mol. The number of halogens is 2. The predicted octanol–water partition coefficient (Wildman–Crippen LogP) is 3.93. The van der Waals surface area contributed by atoms with Crippen LogP contribution in [0.1, 0.15) is 32.6 Å². The largest absolute Gasteiger partial charge is 0.475 e. The van der Waals surface area contributed by atoms with Gasteiger partial charge >= 0.3 is 0 Å². The molecule has 0 aliphatic rings. The van der Waals surface area contributed by atoms with Crippen molar-refractivity contribution in [1.82, 2.24) is 0 Å². The number of hydrogen-bond acceptors (Lipinski definition) is 1. The topological polar surface area (TPSA) is 9.23 Å². The quantitative estimate of drug-likeness (QED) is 0.539. The summed E-state index contributed by atoms with van der Waals surface area (Å²) in [6, 6.07) is 3.82. The second-order valence-electron chi connectivity index (χ2n) is 3.82. The molecule has 0 saturated heterocycles. The van der Waals surface area contributed by atoms with E-state index in [0.29, 0.717) is 6.42 Å². The van der Waals surface area contributed by atoms with Crippen molar-refractivity contribution in [3.05, 3.63) is 29.8 Å². The van der Waals surface area contributed by atoms with Crippen molar-refractivity contribution in [2.75, 3.05) is 0 Å². The first-order valence-corrected chi connectivity index (χ1v) is 5.75. The molecular formula is C14H16F2O. The van der Waals surface area contributed by atoms with Gasteiger partial charge in [-0.25, -0.2) is 4.39 Å². The first-order chi connectivity index (χ1) is 8.19. The van der Waals surface area contributed by atoms with Crippen molar-refractivity contribution in [3.63, 3.8) is 0 Å². The van der Waals surface area contributed by atoms with E-state index in [1.54, 1.807) is 0 Å². The second-order valence-corrected chi connectivity index (χ2v) is 3.82. The summed E-state index contributed by atoms with van der Waals surface area (Å²) in [5, 5.41) is 0. The van der Waals surface area contributed by atoms with Gasteiger partial charge in [0.05, 0.1) is 0 Å². The van der Waals surface area contributed by atoms with Gasteiger partial charge in [0.2, 0.25) is 5.82 Å². The fourth-order valence-electron chi connectivity index (χ4n) is 1.48. The van der Waals surface area contributed by atoms with Gasteiger partial charge in [-0.15, -0.1) is 6.42 Å². The first-order valence-electron chi connectivity index (χ1n) is 5.75. The summed E-state index contributed by atoms with van der Waals surface area (Å²) < 4.78 is 31.5. The van der Waals surface area contributed by atoms with Crippen molar-refractivity contribution in [2.24, 2.45) is 0 Å². The molecule has 1 rings (SSSR count). The van der Waals surface area contributed by atoms with E-state index in [1.165, 1.54) is 12.1 Å². The number of hydrogen-bond donors (Lipinski definition) is 0. The van der Waals surface area contributed by atoms with Gasteiger partial charge in [-0.05, 0) is 25.0 Å². The van der Waals surface area contributed by atoms with Crippen LogP contribution in [0.4, 0.5) is 8.78 Å². The molecule has 0 radical (unpaired) electrons. The highest BCUT2D eigenvalue weighted by Crippen LogP contribution is 2.21. The zero-order valence-corrected chi connectivity index (χ0v) is 9.88. The fourth-order valence-corrected chi connectivity index (χ4v) is 1.48. The third kappa shape index (κ3) is 4.07. The van der Waals surface area contributed by atoms with Crippen molar-refractivity contribution < 1.29 is 13.5 Å². The molecule has 0 aromatic heterocycles. The van der Waals surface area contributed by atoms with Crippen LogP contribution < -0.4 is 4.74 Å². The first kappa shape index (κ1) is 13.5. The van der Waals surface area contributed by atoms with Gasteiger partial charge < -0.3 is 4.74 Å². The van der Waals surface area contributed by atoms with Crippen molar-refractivity contribution in [1.29, 1.82) is 0 Å². The summed E-state index contributed by atoms with van der Waals surface area (Å²) in [4.78, 5) is 0. The fraction of sp³-hybridized carbons (Fsp3) is 0.429. The lowest BCUT2D eigenvalue weighted by Gasteiger charge is -2.14. The molecule has 3 heteroatoms. The zero-order chi connectivity index (χ0) is 12.7. The van der Waals surface area contributed by atoms with Crippen molar-refractivity contribution >= 4 is 0 Å². The summed E-state index contributed by atoms with van der Waals surface area (Å²) >= 11 is 0. The molecule has 0 aliphatic heterocycles. The number of terminal acetylenes is 1. The number of benzene rings is 1. The standard InChI is InChI=1S/C14H16F2O/c1-3-5-6-8-11(4-2)17-13-10-7-9-12(15)14(13)16/h2,7,9-11H,3,5-6,8H2,1H3. The molecule has 0 spiro atoms. The molecule has 0 fully saturated rings. The van der Waals surface area contributed by atoms with Gasteiger partial charge in [0, 0.05) is 0 Å². The van der Waals surface area contributed by atoms with Crippen LogP contribution in [0.15, 0.2) is 18.2 Å². The molecule has 1 atom stereocenters. The Morgan fingerprint density at radius 2 is 2.12 bits per heavy atom. The summed E-state index contributed by atoms with van der Waals surface area (Å²) in [6.45, 7) is 2.08. The van der Waals surface area contributed by atoms with Crippen LogP contribution in [-0.4, -0.2) is 6.10 Å². The lowest BCUT2D eigenvalue weighted by atomic mass is 10.1. The van der Waals surface area contributed by atoms with Crippen LogP contribution in [0.2, 0.25) is 0 Å². The van der Waals surface area contributed by atoms with E-state index in [9.17, 15) is 8.78 Å². The highest BCUT2D eigenvalue weighted by molar-refractivity contribution is 5.26. The normalized spacial score (nSPS) is 11.9. The molecule has 0 aliphatic carbocycles. The minimum absolute atomic E-state index is 0.121. The summed E-state index contributed by atoms with van der Waals surface area (Å²) in [7, 11) is 0. The minimum atomic E-state index is -0.983. The third-order valence-electron chi connectivity index (χ3n) is 2.44. The lowest BCUT2D eigenvalue weighted by Crippen LogP contribution is -2.15. The van der Waals surface area contributed by atoms with Gasteiger partial charge in [-0.3, -0.25) is 0 Å². The molecule has 1 aromatic rings. The van der Waals surface area contributed by atoms with E-state index < -0.39 is 17.7 Å². The monoisotopic (exact) mass is 238 g/mol. The van der Waals surface area contributed by atoms with Crippen LogP contribution in [0.3, 0.4) is 0 Å². The molecule has 1 nitrogen and oxygen atoms in total. The molecule has 0 heterocycles. The lowest BCUT2D eigenvalue weighted by molar-refractivity contribution is 0.229. The Kier molecular flexibility index (Phi) is 5.48. The Labute approximate surface area is 101 Å². The number of unbranched alkanes of at least 4 members (excludes halogenated alkanes) is 2. The Morgan fingerprint density at radius 1 is 1.35 bits per heavy atom. The summed E-state index contributed by atoms with van der Waals surface area (Å²) in [5.41, 5.74) is 0. The smallest absolute Gasteiger partial charge is 0.200 e. The van der Waals surface area contributed by atoms with Gasteiger partial charge in [-0.2, -0.15) is 4.39 Å². The SMILES string of the molecule is C#CC(CCCCC)Oc1cccc(F)c1F. The third-order valence-corrected chi connectivity index (χ3v) is 2.44. The van der Waals surface area contributed by atoms with Crippen LogP contribution in [-0.2, 0) is 0 Å². The Hall–Kier alpha value is -1.56. The minimum Gasteiger partial charge on any atom is -0.475 e. The molecule has 0 N–H and O–H groups in total. The van der Waals surface area contributed by atoms with Gasteiger partial charge in [-0.1, -0.05) is 31.8 Å². The van der Waals surface area contributed by atoms with Crippen LogP contribution in [0.25, 0.3) is 0 Å². The molecule has 1 aromatic carbocycles. The van der Waals surface area contributed by atoms with Gasteiger partial charge in [0.15, 0.2) is 17.7 Å². The predicted molar refractivity (Wildman–Crippen MR) is 63.7 cm³/mol. The number of ether oxygens (including phenoxy) is 1. The van der Waals surface area contributed by atoms with E-state index in [2.05, 4.69) is 12.8 Å². The highest BCUT2D eigenvalue weighted by Gasteiger charge is 2.13. The summed E-state index contributed by atoms with van der Waals surface area (Å²) in [6.07, 6.45) is 8.49. The van der Waals surface area contributed by atoms with Gasteiger partial charge in [0.1, 0.15) is 0 Å². The zero-order valence-electron chi connectivity index (χ0n) is 9.88. The maximum atomic E-state index is 13.3. The molecule has 0 amide bonds. The van der Waals surface area contributed by atoms with Crippen molar-refractivity contribution in [2.45, 2.75) is 38.7 Å². The van der Waals surface area contributed by atoms with Crippen LogP contribution in [0.5, 0.6) is 5.75 Å². The average molecular weight is 238 g/mol. The Bertz CT molecular complexity index is 396. The molecule has 92 valence electrons. The van der Waals surface area contributed by atoms with E-state index >= 15 is 0 Å². The van der Waals surface area contributed by atoms with Crippen LogP contribution in [0, 0.1) is 24.0 Å². The van der Waals surface area contributed by atoms with E-state index in [4.69, 9.17) is 11.2 Å². The highest BCUT2D eigenvalue weighted by atomic mass is 19.2. The van der Waals surface area contributed by atoms with Gasteiger partial charge in [0.25, 0.3) is 0 Å². The molecule has 0 saturated carbocycles. The molecule has 17 heavy (non-hydrogen) atoms. The summed E-state index contributed by atoms with van der Waals surface area (Å²) in [5.74, 6) is 0.417. The Balaban J connectivity index is 2.62. The maximum Gasteiger partial charge on any atom is 0.200 e. The van der Waals surface area contributed by atoms with Crippen LogP contribution >= 0.6 is 0 Å². The van der Waals surface area contributed by atoms with E-state index in [-0.39, 0.29) is 5.75 Å². The second kappa shape index (κ2) is 6.90. The molecule has 0 bridgehead atoms. The average Bonchev–Trinajstić information content (AvgIpc) is 2.33. The number of rotatable bonds is 6. The maximum absolute atomic E-state index is 13.3.